The first kappa shape index (κ1) is 28.0. The van der Waals surface area contributed by atoms with Crippen molar-refractivity contribution in [3.63, 3.8) is 0 Å². The Kier molecular flexibility index (Phi) is 17.7. The van der Waals surface area contributed by atoms with Gasteiger partial charge in [0.05, 0.1) is 0 Å². The molecule has 0 bridgehead atoms. The zero-order chi connectivity index (χ0) is 22.6. The Bertz CT molecular complexity index is 515. The Morgan fingerprint density at radius 3 is 2.20 bits per heavy atom. The minimum atomic E-state index is 0.173. The summed E-state index contributed by atoms with van der Waals surface area (Å²) in [4.78, 5) is 11.8. The van der Waals surface area contributed by atoms with Crippen LogP contribution in [0.15, 0.2) is 49.9 Å². The highest BCUT2D eigenvalue weighted by atomic mass is 16.1. The molecule has 0 aliphatic rings. The van der Waals surface area contributed by atoms with Gasteiger partial charge in [0.1, 0.15) is 0 Å². The second-order valence-corrected chi connectivity index (χ2v) is 7.98. The maximum atomic E-state index is 11.8. The van der Waals surface area contributed by atoms with Crippen LogP contribution in [0.1, 0.15) is 71.1 Å². The van der Waals surface area contributed by atoms with Gasteiger partial charge in [0.25, 0.3) is 0 Å². The van der Waals surface area contributed by atoms with Gasteiger partial charge in [0, 0.05) is 37.3 Å². The summed E-state index contributed by atoms with van der Waals surface area (Å²) >= 11 is 0. The first-order chi connectivity index (χ1) is 14.4. The average molecular weight is 419 g/mol. The van der Waals surface area contributed by atoms with Crippen molar-refractivity contribution >= 4 is 5.91 Å². The zero-order valence-electron chi connectivity index (χ0n) is 19.5. The van der Waals surface area contributed by atoms with Gasteiger partial charge in [-0.3, -0.25) is 4.79 Å². The fourth-order valence-corrected chi connectivity index (χ4v) is 3.25. The van der Waals surface area contributed by atoms with E-state index in [0.29, 0.717) is 12.5 Å². The maximum absolute atomic E-state index is 11.8. The number of allylic oxidation sites excluding steroid dienone is 1. The van der Waals surface area contributed by atoms with Crippen LogP contribution in [0.25, 0.3) is 0 Å². The highest BCUT2D eigenvalue weighted by molar-refractivity contribution is 5.75. The second kappa shape index (κ2) is 19.0. The number of hydrogen-bond acceptors (Lipinski definition) is 4. The molecule has 5 nitrogen and oxygen atoms in total. The Morgan fingerprint density at radius 2 is 1.57 bits per heavy atom. The van der Waals surface area contributed by atoms with E-state index in [2.05, 4.69) is 47.6 Å². The number of nitrogens with one attached hydrogen (secondary N) is 4. The normalized spacial score (nSPS) is 12.5. The summed E-state index contributed by atoms with van der Waals surface area (Å²) in [5.74, 6) is 0.173. The van der Waals surface area contributed by atoms with Gasteiger partial charge in [-0.1, -0.05) is 50.6 Å². The molecule has 0 aliphatic heterocycles. The molecule has 0 aromatic heterocycles. The molecule has 4 N–H and O–H groups in total. The van der Waals surface area contributed by atoms with E-state index >= 15 is 0 Å². The summed E-state index contributed by atoms with van der Waals surface area (Å²) < 4.78 is 0. The van der Waals surface area contributed by atoms with Gasteiger partial charge >= 0.3 is 0 Å². The molecule has 0 aromatic carbocycles. The van der Waals surface area contributed by atoms with Crippen molar-refractivity contribution in [1.82, 2.24) is 21.3 Å². The van der Waals surface area contributed by atoms with Crippen molar-refractivity contribution in [2.75, 3.05) is 20.1 Å². The van der Waals surface area contributed by atoms with Crippen LogP contribution in [0.2, 0.25) is 0 Å². The van der Waals surface area contributed by atoms with E-state index in [0.717, 1.165) is 69.3 Å². The number of carbonyl (C=O) groups is 1. The summed E-state index contributed by atoms with van der Waals surface area (Å²) in [5.41, 5.74) is 2.20. The van der Waals surface area contributed by atoms with Crippen molar-refractivity contribution in [3.8, 4) is 0 Å². The Hall–Kier alpha value is -2.01. The summed E-state index contributed by atoms with van der Waals surface area (Å²) in [6, 6.07) is 0.590. The predicted molar refractivity (Wildman–Crippen MR) is 131 cm³/mol. The number of likely N-dealkylation sites (N-methyl/N-ethyl adjacent to an activating group) is 1. The SMILES string of the molecule is C=CN[C@H](CCC(=C)NCCCCCCCC(=O)NCCC[C@@H](C=C)NC)C(=C)C. The van der Waals surface area contributed by atoms with E-state index in [4.69, 9.17) is 0 Å². The Morgan fingerprint density at radius 1 is 0.900 bits per heavy atom. The molecule has 0 unspecified atom stereocenters. The van der Waals surface area contributed by atoms with Gasteiger partial charge in [0.15, 0.2) is 0 Å². The first-order valence-corrected chi connectivity index (χ1v) is 11.4. The molecule has 0 saturated heterocycles. The maximum Gasteiger partial charge on any atom is 0.219 e. The van der Waals surface area contributed by atoms with E-state index < -0.39 is 0 Å². The monoisotopic (exact) mass is 418 g/mol. The third kappa shape index (κ3) is 15.9. The Balaban J connectivity index is 3.55. The fourth-order valence-electron chi connectivity index (χ4n) is 3.25. The van der Waals surface area contributed by atoms with Gasteiger partial charge in [-0.25, -0.2) is 0 Å². The molecule has 0 aromatic rings. The van der Waals surface area contributed by atoms with Crippen molar-refractivity contribution < 1.29 is 4.79 Å². The largest absolute Gasteiger partial charge is 0.389 e. The molecule has 0 fully saturated rings. The minimum absolute atomic E-state index is 0.173. The Labute approximate surface area is 185 Å². The predicted octanol–water partition coefficient (Wildman–Crippen LogP) is 4.56. The third-order valence-electron chi connectivity index (χ3n) is 5.27. The molecular formula is C25H46N4O. The van der Waals surface area contributed by atoms with Crippen LogP contribution in [0, 0.1) is 0 Å². The number of hydrogen-bond donors (Lipinski definition) is 4. The van der Waals surface area contributed by atoms with Crippen LogP contribution in [0.3, 0.4) is 0 Å². The summed E-state index contributed by atoms with van der Waals surface area (Å²) in [6.45, 7) is 19.4. The van der Waals surface area contributed by atoms with Gasteiger partial charge in [-0.05, 0) is 58.7 Å². The van der Waals surface area contributed by atoms with Crippen LogP contribution in [0.4, 0.5) is 0 Å². The fraction of sp³-hybridized carbons (Fsp3) is 0.640. The van der Waals surface area contributed by atoms with Crippen LogP contribution in [0.5, 0.6) is 0 Å². The minimum Gasteiger partial charge on any atom is -0.389 e. The van der Waals surface area contributed by atoms with Crippen LogP contribution in [-0.2, 0) is 4.79 Å². The molecule has 0 heterocycles. The molecule has 0 spiro atoms. The van der Waals surface area contributed by atoms with E-state index in [1.165, 1.54) is 12.8 Å². The molecule has 0 radical (unpaired) electrons. The number of rotatable bonds is 21. The highest BCUT2D eigenvalue weighted by Crippen LogP contribution is 2.10. The van der Waals surface area contributed by atoms with Crippen LogP contribution >= 0.6 is 0 Å². The lowest BCUT2D eigenvalue weighted by atomic mass is 10.0. The van der Waals surface area contributed by atoms with Gasteiger partial charge in [-0.15, -0.1) is 6.58 Å². The van der Waals surface area contributed by atoms with E-state index in [1.54, 1.807) is 6.20 Å². The van der Waals surface area contributed by atoms with Crippen molar-refractivity contribution in [2.45, 2.75) is 83.2 Å². The third-order valence-corrected chi connectivity index (χ3v) is 5.27. The van der Waals surface area contributed by atoms with Crippen molar-refractivity contribution in [2.24, 2.45) is 0 Å². The smallest absolute Gasteiger partial charge is 0.219 e. The molecule has 30 heavy (non-hydrogen) atoms. The van der Waals surface area contributed by atoms with E-state index in [1.807, 2.05) is 20.0 Å². The average Bonchev–Trinajstić information content (AvgIpc) is 2.72. The molecule has 2 atom stereocenters. The number of carbonyl (C=O) groups excluding carboxylic acids is 1. The lowest BCUT2D eigenvalue weighted by Crippen LogP contribution is -2.27. The lowest BCUT2D eigenvalue weighted by molar-refractivity contribution is -0.121. The molecule has 0 aliphatic carbocycles. The highest BCUT2D eigenvalue weighted by Gasteiger charge is 2.07. The van der Waals surface area contributed by atoms with Crippen LogP contribution in [-0.4, -0.2) is 38.1 Å². The molecule has 0 saturated carbocycles. The second-order valence-electron chi connectivity index (χ2n) is 7.98. The van der Waals surface area contributed by atoms with Gasteiger partial charge in [0.2, 0.25) is 5.91 Å². The summed E-state index contributed by atoms with van der Waals surface area (Å²) in [5, 5.41) is 12.8. The lowest BCUT2D eigenvalue weighted by Gasteiger charge is -2.18. The van der Waals surface area contributed by atoms with Gasteiger partial charge in [-0.2, -0.15) is 0 Å². The molecule has 1 amide bonds. The zero-order valence-corrected chi connectivity index (χ0v) is 19.5. The standard InChI is InChI=1S/C25H46N4O/c1-7-23(26-6)15-14-20-29-25(30)16-12-10-9-11-13-19-28-22(5)17-18-24(21(3)4)27-8-2/h7-8,23-24,26-28H,1-3,5,9-20H2,4,6H3,(H,29,30)/t23-,24-/m1/s1. The topological polar surface area (TPSA) is 65.2 Å². The van der Waals surface area contributed by atoms with Crippen LogP contribution < -0.4 is 21.3 Å². The number of amides is 1. The van der Waals surface area contributed by atoms with Crippen molar-refractivity contribution in [3.05, 3.63) is 49.9 Å². The first-order valence-electron chi connectivity index (χ1n) is 11.4. The van der Waals surface area contributed by atoms with Crippen molar-refractivity contribution in [1.29, 1.82) is 0 Å². The molecule has 5 heteroatoms. The van der Waals surface area contributed by atoms with E-state index in [-0.39, 0.29) is 11.9 Å². The quantitative estimate of drug-likeness (QED) is 0.163. The van der Waals surface area contributed by atoms with E-state index in [9.17, 15) is 4.79 Å². The van der Waals surface area contributed by atoms with Gasteiger partial charge < -0.3 is 21.3 Å². The molecule has 172 valence electrons. The summed E-state index contributed by atoms with van der Waals surface area (Å²) in [7, 11) is 1.93. The number of unbranched alkanes of at least 4 members (excludes halogenated alkanes) is 4. The summed E-state index contributed by atoms with van der Waals surface area (Å²) in [6.07, 6.45) is 13.7. The molecular weight excluding hydrogens is 372 g/mol. The molecule has 0 rings (SSSR count).